The average molecular weight is 385 g/mol. The van der Waals surface area contributed by atoms with Crippen LogP contribution < -0.4 is 4.90 Å². The summed E-state index contributed by atoms with van der Waals surface area (Å²) in [4.78, 5) is 15.9. The molecule has 3 heterocycles. The van der Waals surface area contributed by atoms with E-state index in [0.29, 0.717) is 22.6 Å². The van der Waals surface area contributed by atoms with Crippen LogP contribution in [0.2, 0.25) is 0 Å². The molecule has 0 saturated carbocycles. The first-order chi connectivity index (χ1) is 13.3. The molecule has 1 saturated heterocycles. The van der Waals surface area contributed by atoms with Crippen molar-refractivity contribution < 1.29 is 18.5 Å². The number of thioether (sulfide) groups is 1. The van der Waals surface area contributed by atoms with Crippen LogP contribution in [0.4, 0.5) is 0 Å². The summed E-state index contributed by atoms with van der Waals surface area (Å²) in [7, 11) is 0. The zero-order valence-corrected chi connectivity index (χ0v) is 15.7. The van der Waals surface area contributed by atoms with Gasteiger partial charge in [0.25, 0.3) is 11.1 Å². The summed E-state index contributed by atoms with van der Waals surface area (Å²) in [6, 6.07) is 14.0. The van der Waals surface area contributed by atoms with Crippen LogP contribution >= 0.6 is 11.8 Å². The molecule has 4 rings (SSSR count). The molecule has 1 aliphatic heterocycles. The average Bonchev–Trinajstić information content (AvgIpc) is 3.39. The standard InChI is InChI=1S/C19H20N4O3S/c24-17(14-27-19-21-20-18(26-19)16-7-4-12-25-16)23-10-8-22(9-11-23)13-15-5-2-1-3-6-15/h1-7,12H,8-11,13-14H2/p+1. The van der Waals surface area contributed by atoms with Crippen molar-refractivity contribution in [3.05, 3.63) is 54.3 Å². The SMILES string of the molecule is O=C(CSc1nnc(-c2ccco2)o1)N1CC[NH+](Cc2ccccc2)CC1. The van der Waals surface area contributed by atoms with Gasteiger partial charge in [-0.15, -0.1) is 10.2 Å². The van der Waals surface area contributed by atoms with E-state index in [4.69, 9.17) is 8.83 Å². The van der Waals surface area contributed by atoms with Crippen molar-refractivity contribution >= 4 is 17.7 Å². The first-order valence-electron chi connectivity index (χ1n) is 8.93. The van der Waals surface area contributed by atoms with E-state index in [1.807, 2.05) is 11.0 Å². The number of aromatic nitrogens is 2. The van der Waals surface area contributed by atoms with Gasteiger partial charge >= 0.3 is 0 Å². The first-order valence-corrected chi connectivity index (χ1v) is 9.92. The number of nitrogens with zero attached hydrogens (tertiary/aromatic N) is 3. The largest absolute Gasteiger partial charge is 0.459 e. The number of piperazine rings is 1. The van der Waals surface area contributed by atoms with Crippen LogP contribution in [0, 0.1) is 0 Å². The van der Waals surface area contributed by atoms with Gasteiger partial charge in [-0.05, 0) is 12.1 Å². The molecule has 3 aromatic rings. The lowest BCUT2D eigenvalue weighted by atomic mass is 10.2. The molecule has 1 N–H and O–H groups in total. The zero-order valence-electron chi connectivity index (χ0n) is 14.8. The number of furan rings is 1. The number of hydrogen-bond donors (Lipinski definition) is 1. The molecule has 8 heteroatoms. The van der Waals surface area contributed by atoms with Crippen LogP contribution in [0.5, 0.6) is 0 Å². The fraction of sp³-hybridized carbons (Fsp3) is 0.316. The third-order valence-electron chi connectivity index (χ3n) is 4.58. The van der Waals surface area contributed by atoms with Gasteiger partial charge in [0, 0.05) is 5.56 Å². The van der Waals surface area contributed by atoms with Gasteiger partial charge in [-0.2, -0.15) is 0 Å². The molecule has 140 valence electrons. The summed E-state index contributed by atoms with van der Waals surface area (Å²) in [6.07, 6.45) is 1.55. The van der Waals surface area contributed by atoms with Crippen molar-refractivity contribution in [3.63, 3.8) is 0 Å². The second-order valence-electron chi connectivity index (χ2n) is 6.43. The van der Waals surface area contributed by atoms with Gasteiger partial charge in [0.05, 0.1) is 38.2 Å². The molecule has 0 radical (unpaired) electrons. The molecule has 0 aliphatic carbocycles. The van der Waals surface area contributed by atoms with E-state index in [-0.39, 0.29) is 5.91 Å². The lowest BCUT2D eigenvalue weighted by Gasteiger charge is -2.32. The highest BCUT2D eigenvalue weighted by atomic mass is 32.2. The predicted octanol–water partition coefficient (Wildman–Crippen LogP) is 1.35. The Hall–Kier alpha value is -2.58. The summed E-state index contributed by atoms with van der Waals surface area (Å²) in [5.41, 5.74) is 1.34. The Morgan fingerprint density at radius 3 is 2.67 bits per heavy atom. The summed E-state index contributed by atoms with van der Waals surface area (Å²) in [5.74, 6) is 1.26. The highest BCUT2D eigenvalue weighted by Gasteiger charge is 2.24. The fourth-order valence-corrected chi connectivity index (χ4v) is 3.78. The lowest BCUT2D eigenvalue weighted by molar-refractivity contribution is -0.917. The smallest absolute Gasteiger partial charge is 0.284 e. The monoisotopic (exact) mass is 385 g/mol. The van der Waals surface area contributed by atoms with E-state index in [9.17, 15) is 4.79 Å². The third-order valence-corrected chi connectivity index (χ3v) is 5.38. The number of hydrogen-bond acceptors (Lipinski definition) is 6. The second-order valence-corrected chi connectivity index (χ2v) is 7.36. The predicted molar refractivity (Wildman–Crippen MR) is 100 cm³/mol. The van der Waals surface area contributed by atoms with Gasteiger partial charge in [0.15, 0.2) is 5.76 Å². The molecule has 1 fully saturated rings. The Balaban J connectivity index is 1.23. The van der Waals surface area contributed by atoms with Crippen molar-refractivity contribution in [2.45, 2.75) is 11.8 Å². The molecule has 0 unspecified atom stereocenters. The van der Waals surface area contributed by atoms with Gasteiger partial charge in [-0.3, -0.25) is 4.79 Å². The van der Waals surface area contributed by atoms with Crippen LogP contribution in [0.25, 0.3) is 11.7 Å². The van der Waals surface area contributed by atoms with Crippen LogP contribution in [0.3, 0.4) is 0 Å². The van der Waals surface area contributed by atoms with Crippen molar-refractivity contribution in [1.82, 2.24) is 15.1 Å². The van der Waals surface area contributed by atoms with E-state index in [0.717, 1.165) is 32.7 Å². The lowest BCUT2D eigenvalue weighted by Crippen LogP contribution is -3.13. The molecule has 2 aromatic heterocycles. The Morgan fingerprint density at radius 2 is 1.93 bits per heavy atom. The first kappa shape index (κ1) is 17.8. The molecule has 0 bridgehead atoms. The number of benzene rings is 1. The fourth-order valence-electron chi connectivity index (χ4n) is 3.12. The molecule has 27 heavy (non-hydrogen) atoms. The van der Waals surface area contributed by atoms with Crippen LogP contribution in [0.15, 0.2) is 62.8 Å². The third kappa shape index (κ3) is 4.58. The van der Waals surface area contributed by atoms with E-state index in [1.165, 1.54) is 22.2 Å². The van der Waals surface area contributed by atoms with Gasteiger partial charge in [0.2, 0.25) is 5.91 Å². The number of quaternary nitrogens is 1. The summed E-state index contributed by atoms with van der Waals surface area (Å²) >= 11 is 1.26. The quantitative estimate of drug-likeness (QED) is 0.646. The van der Waals surface area contributed by atoms with Crippen molar-refractivity contribution in [2.24, 2.45) is 0 Å². The maximum Gasteiger partial charge on any atom is 0.284 e. The molecule has 7 nitrogen and oxygen atoms in total. The number of carbonyl (C=O) groups is 1. The molecular weight excluding hydrogens is 364 g/mol. The minimum Gasteiger partial charge on any atom is -0.459 e. The van der Waals surface area contributed by atoms with Crippen molar-refractivity contribution in [1.29, 1.82) is 0 Å². The zero-order chi connectivity index (χ0) is 18.5. The minimum atomic E-state index is 0.108. The summed E-state index contributed by atoms with van der Waals surface area (Å²) in [6.45, 7) is 4.50. The van der Waals surface area contributed by atoms with E-state index < -0.39 is 0 Å². The highest BCUT2D eigenvalue weighted by Crippen LogP contribution is 2.23. The topological polar surface area (TPSA) is 76.8 Å². The number of rotatable bonds is 6. The van der Waals surface area contributed by atoms with Gasteiger partial charge in [-0.1, -0.05) is 42.1 Å². The highest BCUT2D eigenvalue weighted by molar-refractivity contribution is 7.99. The summed E-state index contributed by atoms with van der Waals surface area (Å²) in [5, 5.41) is 8.28. The maximum absolute atomic E-state index is 12.5. The Labute approximate surface area is 161 Å². The molecule has 1 aromatic carbocycles. The molecule has 0 atom stereocenters. The van der Waals surface area contributed by atoms with Crippen LogP contribution in [-0.2, 0) is 11.3 Å². The minimum absolute atomic E-state index is 0.108. The van der Waals surface area contributed by atoms with Gasteiger partial charge in [0.1, 0.15) is 6.54 Å². The van der Waals surface area contributed by atoms with Crippen LogP contribution in [-0.4, -0.2) is 52.9 Å². The van der Waals surface area contributed by atoms with Crippen LogP contribution in [0.1, 0.15) is 5.56 Å². The van der Waals surface area contributed by atoms with Crippen molar-refractivity contribution in [2.75, 3.05) is 31.9 Å². The van der Waals surface area contributed by atoms with Crippen molar-refractivity contribution in [3.8, 4) is 11.7 Å². The maximum atomic E-state index is 12.5. The van der Waals surface area contributed by atoms with E-state index in [1.54, 1.807) is 18.4 Å². The Kier molecular flexibility index (Phi) is 5.55. The molecular formula is C19H21N4O3S+. The molecule has 1 aliphatic rings. The van der Waals surface area contributed by atoms with E-state index >= 15 is 0 Å². The van der Waals surface area contributed by atoms with E-state index in [2.05, 4.69) is 34.5 Å². The number of nitrogens with one attached hydrogen (secondary N) is 1. The van der Waals surface area contributed by atoms with Gasteiger partial charge < -0.3 is 18.6 Å². The van der Waals surface area contributed by atoms with Gasteiger partial charge in [-0.25, -0.2) is 0 Å². The molecule has 1 amide bonds. The Morgan fingerprint density at radius 1 is 1.11 bits per heavy atom. The Bertz CT molecular complexity index is 858. The molecule has 0 spiro atoms. The normalized spacial score (nSPS) is 15.2. The summed E-state index contributed by atoms with van der Waals surface area (Å²) < 4.78 is 10.7. The number of carbonyl (C=O) groups excluding carboxylic acids is 1. The number of amides is 1. The second kappa shape index (κ2) is 8.41.